The normalized spacial score (nSPS) is 16.2. The second-order valence-electron chi connectivity index (χ2n) is 7.94. The number of likely N-dealkylation sites (tertiary alicyclic amines) is 1. The Morgan fingerprint density at radius 2 is 1.81 bits per heavy atom. The van der Waals surface area contributed by atoms with Gasteiger partial charge in [0.2, 0.25) is 0 Å². The van der Waals surface area contributed by atoms with E-state index >= 15 is 0 Å². The number of nitrogens with one attached hydrogen (secondary N) is 2. The molecule has 7 nitrogen and oxygen atoms in total. The van der Waals surface area contributed by atoms with Crippen LogP contribution in [0.25, 0.3) is 0 Å². The van der Waals surface area contributed by atoms with Gasteiger partial charge in [0.25, 0.3) is 0 Å². The van der Waals surface area contributed by atoms with Crippen molar-refractivity contribution in [1.82, 2.24) is 15.5 Å². The molecular formula is C24H43IN4O3. The topological polar surface area (TPSA) is 67.4 Å². The predicted octanol–water partition coefficient (Wildman–Crippen LogP) is 4.08. The van der Waals surface area contributed by atoms with Gasteiger partial charge in [-0.15, -0.1) is 24.0 Å². The number of benzene rings is 1. The highest BCUT2D eigenvalue weighted by atomic mass is 127. The van der Waals surface area contributed by atoms with E-state index in [0.29, 0.717) is 19.1 Å². The Hall–Kier alpha value is -1.26. The van der Waals surface area contributed by atoms with Crippen LogP contribution in [-0.2, 0) is 4.74 Å². The molecule has 1 aromatic carbocycles. The van der Waals surface area contributed by atoms with Crippen LogP contribution in [0.3, 0.4) is 0 Å². The molecule has 1 aliphatic rings. The van der Waals surface area contributed by atoms with Crippen molar-refractivity contribution in [3.05, 3.63) is 23.8 Å². The van der Waals surface area contributed by atoms with Gasteiger partial charge in [-0.1, -0.05) is 6.07 Å². The summed E-state index contributed by atoms with van der Waals surface area (Å²) in [6.07, 6.45) is 2.39. The SMILES string of the molecule is CCNC(=NCC1CCN(CCOC)CC1)NC(C)c1ccc(OCC)c(OCC)c1.I. The van der Waals surface area contributed by atoms with Gasteiger partial charge in [0, 0.05) is 26.7 Å². The number of aliphatic imine (C=N–C) groups is 1. The van der Waals surface area contributed by atoms with Crippen molar-refractivity contribution in [2.45, 2.75) is 46.6 Å². The van der Waals surface area contributed by atoms with Gasteiger partial charge in [-0.2, -0.15) is 0 Å². The number of methoxy groups -OCH3 is 1. The van der Waals surface area contributed by atoms with Crippen LogP contribution in [0.5, 0.6) is 11.5 Å². The van der Waals surface area contributed by atoms with Gasteiger partial charge in [-0.25, -0.2) is 0 Å². The van der Waals surface area contributed by atoms with Crippen LogP contribution >= 0.6 is 24.0 Å². The molecule has 1 heterocycles. The van der Waals surface area contributed by atoms with Gasteiger partial charge in [-0.3, -0.25) is 4.99 Å². The van der Waals surface area contributed by atoms with Gasteiger partial charge in [0.1, 0.15) is 0 Å². The molecule has 0 saturated carbocycles. The molecule has 8 heteroatoms. The molecule has 0 spiro atoms. The average Bonchev–Trinajstić information content (AvgIpc) is 2.78. The molecule has 1 aliphatic heterocycles. The molecule has 1 unspecified atom stereocenters. The van der Waals surface area contributed by atoms with Crippen molar-refractivity contribution in [2.24, 2.45) is 10.9 Å². The number of rotatable bonds is 12. The predicted molar refractivity (Wildman–Crippen MR) is 143 cm³/mol. The number of ether oxygens (including phenoxy) is 3. The summed E-state index contributed by atoms with van der Waals surface area (Å²) in [6.45, 7) is 15.2. The van der Waals surface area contributed by atoms with Crippen LogP contribution in [0.2, 0.25) is 0 Å². The van der Waals surface area contributed by atoms with E-state index in [-0.39, 0.29) is 30.0 Å². The lowest BCUT2D eigenvalue weighted by Crippen LogP contribution is -2.40. The largest absolute Gasteiger partial charge is 0.490 e. The van der Waals surface area contributed by atoms with Crippen molar-refractivity contribution in [2.75, 3.05) is 59.7 Å². The summed E-state index contributed by atoms with van der Waals surface area (Å²) < 4.78 is 16.7. The highest BCUT2D eigenvalue weighted by molar-refractivity contribution is 14.0. The van der Waals surface area contributed by atoms with Crippen molar-refractivity contribution in [3.63, 3.8) is 0 Å². The smallest absolute Gasteiger partial charge is 0.191 e. The van der Waals surface area contributed by atoms with Gasteiger partial charge < -0.3 is 29.7 Å². The van der Waals surface area contributed by atoms with Crippen LogP contribution in [-0.4, -0.2) is 70.5 Å². The van der Waals surface area contributed by atoms with Gasteiger partial charge >= 0.3 is 0 Å². The first-order chi connectivity index (χ1) is 15.1. The quantitative estimate of drug-likeness (QED) is 0.228. The number of guanidine groups is 1. The monoisotopic (exact) mass is 562 g/mol. The zero-order chi connectivity index (χ0) is 22.5. The maximum Gasteiger partial charge on any atom is 0.191 e. The van der Waals surface area contributed by atoms with E-state index in [1.807, 2.05) is 19.9 Å². The summed E-state index contributed by atoms with van der Waals surface area (Å²) in [6, 6.07) is 6.24. The van der Waals surface area contributed by atoms with Crippen molar-refractivity contribution >= 4 is 29.9 Å². The lowest BCUT2D eigenvalue weighted by atomic mass is 9.97. The van der Waals surface area contributed by atoms with Crippen LogP contribution in [0.1, 0.15) is 52.1 Å². The number of nitrogens with zero attached hydrogens (tertiary/aromatic N) is 2. The molecule has 1 saturated heterocycles. The summed E-state index contributed by atoms with van der Waals surface area (Å²) in [5.74, 6) is 3.08. The molecule has 0 aliphatic carbocycles. The number of hydrogen-bond donors (Lipinski definition) is 2. The molecule has 0 radical (unpaired) electrons. The molecule has 2 N–H and O–H groups in total. The number of hydrogen-bond acceptors (Lipinski definition) is 5. The third-order valence-electron chi connectivity index (χ3n) is 5.59. The molecule has 1 aromatic rings. The van der Waals surface area contributed by atoms with E-state index in [9.17, 15) is 0 Å². The Morgan fingerprint density at radius 1 is 1.12 bits per heavy atom. The summed E-state index contributed by atoms with van der Waals surface area (Å²) in [5.41, 5.74) is 1.14. The first-order valence-electron chi connectivity index (χ1n) is 11.8. The fourth-order valence-electron chi connectivity index (χ4n) is 3.78. The average molecular weight is 563 g/mol. The van der Waals surface area contributed by atoms with E-state index in [1.165, 1.54) is 12.8 Å². The minimum Gasteiger partial charge on any atom is -0.490 e. The Morgan fingerprint density at radius 3 is 2.44 bits per heavy atom. The molecule has 1 atom stereocenters. The maximum absolute atomic E-state index is 5.78. The Labute approximate surface area is 211 Å². The van der Waals surface area contributed by atoms with E-state index in [4.69, 9.17) is 19.2 Å². The highest BCUT2D eigenvalue weighted by Crippen LogP contribution is 2.30. The summed E-state index contributed by atoms with van der Waals surface area (Å²) in [5, 5.41) is 6.93. The standard InChI is InChI=1S/C24H42N4O3.HI/c1-6-25-24(26-18-20-11-13-28(14-12-20)15-16-29-5)27-19(4)21-9-10-22(30-7-2)23(17-21)31-8-3;/h9-10,17,19-20H,6-8,11-16,18H2,1-5H3,(H2,25,26,27);1H. The van der Waals surface area contributed by atoms with Crippen molar-refractivity contribution in [3.8, 4) is 11.5 Å². The van der Waals surface area contributed by atoms with Crippen LogP contribution < -0.4 is 20.1 Å². The highest BCUT2D eigenvalue weighted by Gasteiger charge is 2.19. The third-order valence-corrected chi connectivity index (χ3v) is 5.59. The van der Waals surface area contributed by atoms with Crippen LogP contribution in [0.4, 0.5) is 0 Å². The van der Waals surface area contributed by atoms with Crippen LogP contribution in [0, 0.1) is 5.92 Å². The first kappa shape index (κ1) is 28.8. The van der Waals surface area contributed by atoms with E-state index in [1.54, 1.807) is 7.11 Å². The molecule has 184 valence electrons. The van der Waals surface area contributed by atoms with E-state index < -0.39 is 0 Å². The minimum absolute atomic E-state index is 0. The van der Waals surface area contributed by atoms with Gasteiger partial charge in [0.15, 0.2) is 17.5 Å². The third kappa shape index (κ3) is 9.70. The Bertz CT molecular complexity index is 667. The first-order valence-corrected chi connectivity index (χ1v) is 11.8. The van der Waals surface area contributed by atoms with E-state index in [0.717, 1.165) is 62.4 Å². The number of piperidine rings is 1. The summed E-state index contributed by atoms with van der Waals surface area (Å²) >= 11 is 0. The lowest BCUT2D eigenvalue weighted by Gasteiger charge is -2.31. The molecule has 32 heavy (non-hydrogen) atoms. The van der Waals surface area contributed by atoms with Gasteiger partial charge in [-0.05, 0) is 77.2 Å². The zero-order valence-corrected chi connectivity index (χ0v) is 22.8. The molecule has 1 fully saturated rings. The maximum atomic E-state index is 5.78. The molecule has 2 rings (SSSR count). The minimum atomic E-state index is 0. The fourth-order valence-corrected chi connectivity index (χ4v) is 3.78. The summed E-state index contributed by atoms with van der Waals surface area (Å²) in [4.78, 5) is 7.37. The second kappa shape index (κ2) is 16.4. The number of halogens is 1. The molecule has 0 bridgehead atoms. The van der Waals surface area contributed by atoms with Gasteiger partial charge in [0.05, 0.1) is 25.9 Å². The zero-order valence-electron chi connectivity index (χ0n) is 20.5. The van der Waals surface area contributed by atoms with E-state index in [2.05, 4.69) is 41.5 Å². The van der Waals surface area contributed by atoms with Crippen molar-refractivity contribution in [1.29, 1.82) is 0 Å². The van der Waals surface area contributed by atoms with Crippen LogP contribution in [0.15, 0.2) is 23.2 Å². The molecular weight excluding hydrogens is 519 g/mol. The lowest BCUT2D eigenvalue weighted by molar-refractivity contribution is 0.121. The second-order valence-corrected chi connectivity index (χ2v) is 7.94. The Kier molecular flexibility index (Phi) is 14.7. The summed E-state index contributed by atoms with van der Waals surface area (Å²) in [7, 11) is 1.77. The molecule has 0 aromatic heterocycles. The molecule has 0 amide bonds. The fraction of sp³-hybridized carbons (Fsp3) is 0.708. The van der Waals surface area contributed by atoms with Crippen molar-refractivity contribution < 1.29 is 14.2 Å². The Balaban J connectivity index is 0.00000512.